The molecule has 0 radical (unpaired) electrons. The first-order valence-corrected chi connectivity index (χ1v) is 12.3. The van der Waals surface area contributed by atoms with Crippen molar-refractivity contribution < 1.29 is 13.2 Å². The van der Waals surface area contributed by atoms with Gasteiger partial charge in [-0.3, -0.25) is 4.79 Å². The van der Waals surface area contributed by atoms with Crippen molar-refractivity contribution in [3.05, 3.63) is 34.9 Å². The molecule has 26 heavy (non-hydrogen) atoms. The van der Waals surface area contributed by atoms with E-state index in [2.05, 4.69) is 10.0 Å². The summed E-state index contributed by atoms with van der Waals surface area (Å²) in [6.45, 7) is 2.08. The first-order valence-electron chi connectivity index (χ1n) is 8.84. The SMILES string of the molecule is CCS(=O)(=O)NC(CCSC)C(=O)NCC1(c2ccc(Cl)cc2)CCC1. The van der Waals surface area contributed by atoms with Crippen molar-refractivity contribution in [1.82, 2.24) is 10.0 Å². The average Bonchev–Trinajstić information content (AvgIpc) is 2.58. The number of thioether (sulfide) groups is 1. The Morgan fingerprint density at radius 1 is 1.31 bits per heavy atom. The molecule has 1 aromatic carbocycles. The lowest BCUT2D eigenvalue weighted by molar-refractivity contribution is -0.123. The highest BCUT2D eigenvalue weighted by molar-refractivity contribution is 7.98. The number of rotatable bonds is 10. The maximum absolute atomic E-state index is 12.6. The molecule has 0 aliphatic heterocycles. The maximum Gasteiger partial charge on any atom is 0.238 e. The third-order valence-corrected chi connectivity index (χ3v) is 7.30. The van der Waals surface area contributed by atoms with Crippen LogP contribution in [0.2, 0.25) is 5.02 Å². The van der Waals surface area contributed by atoms with Gasteiger partial charge >= 0.3 is 0 Å². The van der Waals surface area contributed by atoms with Gasteiger partial charge in [0.1, 0.15) is 6.04 Å². The first-order chi connectivity index (χ1) is 12.3. The van der Waals surface area contributed by atoms with E-state index in [1.54, 1.807) is 18.7 Å². The Labute approximate surface area is 165 Å². The zero-order valence-corrected chi connectivity index (χ0v) is 17.6. The maximum atomic E-state index is 12.6. The Morgan fingerprint density at radius 3 is 2.46 bits per heavy atom. The summed E-state index contributed by atoms with van der Waals surface area (Å²) in [5.74, 6) is 0.425. The van der Waals surface area contributed by atoms with E-state index in [9.17, 15) is 13.2 Å². The van der Waals surface area contributed by atoms with Gasteiger partial charge in [-0.15, -0.1) is 0 Å². The average molecular weight is 419 g/mol. The molecule has 1 unspecified atom stereocenters. The zero-order chi connectivity index (χ0) is 19.2. The standard InChI is InChI=1S/C18H27ClN2O3S2/c1-3-26(23,24)21-16(9-12-25-2)17(22)20-13-18(10-4-11-18)14-5-7-15(19)8-6-14/h5-8,16,21H,3-4,9-13H2,1-2H3,(H,20,22). The minimum atomic E-state index is -3.43. The Bertz CT molecular complexity index is 704. The van der Waals surface area contributed by atoms with E-state index in [0.717, 1.165) is 19.3 Å². The lowest BCUT2D eigenvalue weighted by atomic mass is 9.64. The number of sulfonamides is 1. The number of nitrogens with one attached hydrogen (secondary N) is 2. The van der Waals surface area contributed by atoms with Crippen molar-refractivity contribution >= 4 is 39.3 Å². The molecule has 0 saturated heterocycles. The van der Waals surface area contributed by atoms with Gasteiger partial charge in [-0.1, -0.05) is 30.2 Å². The predicted octanol–water partition coefficient (Wildman–Crippen LogP) is 2.94. The highest BCUT2D eigenvalue weighted by Gasteiger charge is 2.39. The molecule has 2 rings (SSSR count). The molecule has 0 aromatic heterocycles. The number of hydrogen-bond acceptors (Lipinski definition) is 4. The Balaban J connectivity index is 2.04. The summed E-state index contributed by atoms with van der Waals surface area (Å²) in [7, 11) is -3.43. The molecule has 1 amide bonds. The molecule has 1 aliphatic rings. The van der Waals surface area contributed by atoms with Crippen molar-refractivity contribution in [3.63, 3.8) is 0 Å². The normalized spacial score (nSPS) is 17.3. The highest BCUT2D eigenvalue weighted by Crippen LogP contribution is 2.43. The minimum Gasteiger partial charge on any atom is -0.354 e. The minimum absolute atomic E-state index is 0.0369. The first kappa shape index (κ1) is 21.5. The molecule has 1 atom stereocenters. The van der Waals surface area contributed by atoms with Crippen LogP contribution in [0.25, 0.3) is 0 Å². The van der Waals surface area contributed by atoms with Crippen LogP contribution in [0, 0.1) is 0 Å². The number of halogens is 1. The van der Waals surface area contributed by atoms with Crippen LogP contribution < -0.4 is 10.0 Å². The summed E-state index contributed by atoms with van der Waals surface area (Å²) in [6, 6.07) is 7.04. The van der Waals surface area contributed by atoms with Gasteiger partial charge < -0.3 is 5.32 Å². The van der Waals surface area contributed by atoms with Crippen LogP contribution >= 0.6 is 23.4 Å². The third kappa shape index (κ3) is 5.62. The summed E-state index contributed by atoms with van der Waals surface area (Å²) < 4.78 is 26.3. The van der Waals surface area contributed by atoms with Gasteiger partial charge in [0.25, 0.3) is 0 Å². The predicted molar refractivity (Wildman–Crippen MR) is 109 cm³/mol. The molecule has 146 valence electrons. The van der Waals surface area contributed by atoms with Gasteiger partial charge in [-0.25, -0.2) is 13.1 Å². The van der Waals surface area contributed by atoms with Gasteiger partial charge in [0.15, 0.2) is 0 Å². The number of hydrogen-bond donors (Lipinski definition) is 2. The Morgan fingerprint density at radius 2 is 1.96 bits per heavy atom. The number of amides is 1. The summed E-state index contributed by atoms with van der Waals surface area (Å²) in [4.78, 5) is 12.6. The fourth-order valence-electron chi connectivity index (χ4n) is 3.13. The van der Waals surface area contributed by atoms with Crippen LogP contribution in [0.4, 0.5) is 0 Å². The molecule has 0 bridgehead atoms. The van der Waals surface area contributed by atoms with Crippen molar-refractivity contribution in [1.29, 1.82) is 0 Å². The lowest BCUT2D eigenvalue weighted by Crippen LogP contribution is -2.52. The second-order valence-corrected chi connectivity index (χ2v) is 10.2. The van der Waals surface area contributed by atoms with Crippen LogP contribution in [0.1, 0.15) is 38.2 Å². The molecule has 0 spiro atoms. The van der Waals surface area contributed by atoms with Crippen LogP contribution in [0.5, 0.6) is 0 Å². The van der Waals surface area contributed by atoms with E-state index in [0.29, 0.717) is 23.7 Å². The molecule has 1 aliphatic carbocycles. The van der Waals surface area contributed by atoms with E-state index in [-0.39, 0.29) is 17.1 Å². The van der Waals surface area contributed by atoms with E-state index in [4.69, 9.17) is 11.6 Å². The second kappa shape index (κ2) is 9.44. The van der Waals surface area contributed by atoms with Crippen LogP contribution in [0.15, 0.2) is 24.3 Å². The van der Waals surface area contributed by atoms with Gasteiger partial charge in [-0.2, -0.15) is 11.8 Å². The summed E-state index contributed by atoms with van der Waals surface area (Å²) >= 11 is 7.57. The van der Waals surface area contributed by atoms with E-state index < -0.39 is 16.1 Å². The molecule has 5 nitrogen and oxygen atoms in total. The van der Waals surface area contributed by atoms with Crippen LogP contribution in [-0.2, 0) is 20.2 Å². The molecule has 0 heterocycles. The molecular weight excluding hydrogens is 392 g/mol. The molecule has 1 aromatic rings. The molecular formula is C18H27ClN2O3S2. The van der Waals surface area contributed by atoms with Crippen molar-refractivity contribution in [2.75, 3.05) is 24.3 Å². The summed E-state index contributed by atoms with van der Waals surface area (Å²) in [5.41, 5.74) is 1.09. The largest absolute Gasteiger partial charge is 0.354 e. The second-order valence-electron chi connectivity index (χ2n) is 6.71. The number of benzene rings is 1. The quantitative estimate of drug-likeness (QED) is 0.612. The van der Waals surface area contributed by atoms with Gasteiger partial charge in [0, 0.05) is 17.0 Å². The fourth-order valence-corrected chi connectivity index (χ4v) is 4.56. The van der Waals surface area contributed by atoms with Gasteiger partial charge in [0.05, 0.1) is 5.75 Å². The van der Waals surface area contributed by atoms with Crippen LogP contribution in [-0.4, -0.2) is 44.7 Å². The smallest absolute Gasteiger partial charge is 0.238 e. The molecule has 1 fully saturated rings. The summed E-state index contributed by atoms with van der Waals surface area (Å²) in [6.07, 6.45) is 5.54. The van der Waals surface area contributed by atoms with Gasteiger partial charge in [-0.05, 0) is 55.9 Å². The highest BCUT2D eigenvalue weighted by atomic mass is 35.5. The zero-order valence-electron chi connectivity index (χ0n) is 15.3. The van der Waals surface area contributed by atoms with E-state index >= 15 is 0 Å². The monoisotopic (exact) mass is 418 g/mol. The topological polar surface area (TPSA) is 75.3 Å². The molecule has 8 heteroatoms. The van der Waals surface area contributed by atoms with Gasteiger partial charge in [0.2, 0.25) is 15.9 Å². The van der Waals surface area contributed by atoms with E-state index in [1.807, 2.05) is 30.5 Å². The Hall–Kier alpha value is -0.760. The van der Waals surface area contributed by atoms with E-state index in [1.165, 1.54) is 5.56 Å². The molecule has 1 saturated carbocycles. The van der Waals surface area contributed by atoms with Crippen LogP contribution in [0.3, 0.4) is 0 Å². The fraction of sp³-hybridized carbons (Fsp3) is 0.611. The summed E-state index contributed by atoms with van der Waals surface area (Å²) in [5, 5.41) is 3.68. The number of carbonyl (C=O) groups is 1. The Kier molecular flexibility index (Phi) is 7.82. The number of carbonyl (C=O) groups excluding carboxylic acids is 1. The molecule has 2 N–H and O–H groups in total. The van der Waals surface area contributed by atoms with Crippen molar-refractivity contribution in [2.45, 2.75) is 44.1 Å². The van der Waals surface area contributed by atoms with Crippen molar-refractivity contribution in [3.8, 4) is 0 Å². The third-order valence-electron chi connectivity index (χ3n) is 5.00. The lowest BCUT2D eigenvalue weighted by Gasteiger charge is -2.43. The van der Waals surface area contributed by atoms with Crippen molar-refractivity contribution in [2.24, 2.45) is 0 Å².